The van der Waals surface area contributed by atoms with E-state index in [1.165, 1.54) is 25.9 Å². The zero-order valence-electron chi connectivity index (χ0n) is 10.6. The number of nitrogens with one attached hydrogen (secondary N) is 1. The SMILES string of the molecule is CCC1(C(C)C)CC1CNCC(C)C. The molecule has 84 valence electrons. The quantitative estimate of drug-likeness (QED) is 0.689. The predicted molar refractivity (Wildman–Crippen MR) is 63.4 cm³/mol. The Balaban J connectivity index is 2.23. The molecule has 1 N–H and O–H groups in total. The highest BCUT2D eigenvalue weighted by Gasteiger charge is 2.53. The van der Waals surface area contributed by atoms with Crippen molar-refractivity contribution in [2.45, 2.75) is 47.5 Å². The van der Waals surface area contributed by atoms with E-state index in [0.717, 1.165) is 17.8 Å². The number of hydrogen-bond acceptors (Lipinski definition) is 1. The van der Waals surface area contributed by atoms with E-state index in [1.54, 1.807) is 0 Å². The van der Waals surface area contributed by atoms with Crippen LogP contribution in [-0.4, -0.2) is 13.1 Å². The smallest absolute Gasteiger partial charge is 0.00148 e. The average Bonchev–Trinajstić information content (AvgIpc) is 2.79. The van der Waals surface area contributed by atoms with Gasteiger partial charge in [-0.25, -0.2) is 0 Å². The van der Waals surface area contributed by atoms with Gasteiger partial charge in [0.15, 0.2) is 0 Å². The van der Waals surface area contributed by atoms with Gasteiger partial charge in [-0.15, -0.1) is 0 Å². The van der Waals surface area contributed by atoms with Gasteiger partial charge in [-0.3, -0.25) is 0 Å². The Morgan fingerprint density at radius 2 is 1.93 bits per heavy atom. The molecule has 0 saturated heterocycles. The minimum absolute atomic E-state index is 0.685. The zero-order valence-corrected chi connectivity index (χ0v) is 10.6. The van der Waals surface area contributed by atoms with Gasteiger partial charge >= 0.3 is 0 Å². The third-order valence-electron chi connectivity index (χ3n) is 4.03. The summed E-state index contributed by atoms with van der Waals surface area (Å²) in [7, 11) is 0. The van der Waals surface area contributed by atoms with Crippen LogP contribution in [0.5, 0.6) is 0 Å². The topological polar surface area (TPSA) is 12.0 Å². The van der Waals surface area contributed by atoms with E-state index >= 15 is 0 Å². The molecule has 1 fully saturated rings. The molecule has 14 heavy (non-hydrogen) atoms. The summed E-state index contributed by atoms with van der Waals surface area (Å²) in [6.45, 7) is 14.1. The summed E-state index contributed by atoms with van der Waals surface area (Å²) in [6.07, 6.45) is 2.81. The highest BCUT2D eigenvalue weighted by molar-refractivity contribution is 5.03. The van der Waals surface area contributed by atoms with E-state index in [9.17, 15) is 0 Å². The fraction of sp³-hybridized carbons (Fsp3) is 1.00. The molecular formula is C13H27N. The first-order chi connectivity index (χ1) is 6.53. The lowest BCUT2D eigenvalue weighted by atomic mass is 9.87. The van der Waals surface area contributed by atoms with Gasteiger partial charge in [0.2, 0.25) is 0 Å². The first-order valence-corrected chi connectivity index (χ1v) is 6.23. The Hall–Kier alpha value is -0.0400. The molecule has 1 nitrogen and oxygen atoms in total. The van der Waals surface area contributed by atoms with Gasteiger partial charge < -0.3 is 5.32 Å². The lowest BCUT2D eigenvalue weighted by Gasteiger charge is -2.20. The Kier molecular flexibility index (Phi) is 4.00. The van der Waals surface area contributed by atoms with E-state index in [2.05, 4.69) is 39.9 Å². The maximum atomic E-state index is 3.59. The molecule has 0 heterocycles. The van der Waals surface area contributed by atoms with Crippen molar-refractivity contribution in [1.29, 1.82) is 0 Å². The van der Waals surface area contributed by atoms with Gasteiger partial charge in [0.25, 0.3) is 0 Å². The van der Waals surface area contributed by atoms with Crippen molar-refractivity contribution in [3.8, 4) is 0 Å². The van der Waals surface area contributed by atoms with Crippen LogP contribution in [0.15, 0.2) is 0 Å². The van der Waals surface area contributed by atoms with E-state index in [1.807, 2.05) is 0 Å². The first-order valence-electron chi connectivity index (χ1n) is 6.23. The molecule has 0 bridgehead atoms. The normalized spacial score (nSPS) is 31.5. The van der Waals surface area contributed by atoms with Gasteiger partial charge in [0, 0.05) is 0 Å². The molecule has 0 aromatic rings. The van der Waals surface area contributed by atoms with Crippen molar-refractivity contribution in [2.24, 2.45) is 23.2 Å². The lowest BCUT2D eigenvalue weighted by molar-refractivity contribution is 0.306. The lowest BCUT2D eigenvalue weighted by Crippen LogP contribution is -2.25. The summed E-state index contributed by atoms with van der Waals surface area (Å²) in [4.78, 5) is 0. The summed E-state index contributed by atoms with van der Waals surface area (Å²) in [6, 6.07) is 0. The third-order valence-corrected chi connectivity index (χ3v) is 4.03. The third kappa shape index (κ3) is 2.50. The van der Waals surface area contributed by atoms with Crippen LogP contribution in [0.3, 0.4) is 0 Å². The summed E-state index contributed by atoms with van der Waals surface area (Å²) in [5.74, 6) is 2.59. The van der Waals surface area contributed by atoms with Crippen molar-refractivity contribution in [3.63, 3.8) is 0 Å². The van der Waals surface area contributed by atoms with Crippen LogP contribution >= 0.6 is 0 Å². The zero-order chi connectivity index (χ0) is 10.8. The molecule has 1 saturated carbocycles. The second kappa shape index (κ2) is 4.65. The van der Waals surface area contributed by atoms with Gasteiger partial charge in [0.05, 0.1) is 0 Å². The van der Waals surface area contributed by atoms with Crippen molar-refractivity contribution in [1.82, 2.24) is 5.32 Å². The van der Waals surface area contributed by atoms with E-state index in [0.29, 0.717) is 5.41 Å². The van der Waals surface area contributed by atoms with Gasteiger partial charge in [-0.1, -0.05) is 34.6 Å². The molecule has 0 amide bonds. The summed E-state index contributed by atoms with van der Waals surface area (Å²) in [5, 5.41) is 3.59. The molecule has 1 aliphatic carbocycles. The van der Waals surface area contributed by atoms with Crippen LogP contribution in [0.25, 0.3) is 0 Å². The van der Waals surface area contributed by atoms with Crippen LogP contribution in [0.4, 0.5) is 0 Å². The first kappa shape index (κ1) is 12.0. The number of hydrogen-bond donors (Lipinski definition) is 1. The largest absolute Gasteiger partial charge is 0.316 e. The van der Waals surface area contributed by atoms with Crippen molar-refractivity contribution in [3.05, 3.63) is 0 Å². The highest BCUT2D eigenvalue weighted by atomic mass is 14.9. The second-order valence-electron chi connectivity index (χ2n) is 5.69. The monoisotopic (exact) mass is 197 g/mol. The summed E-state index contributed by atoms with van der Waals surface area (Å²) in [5.41, 5.74) is 0.685. The molecule has 1 aliphatic rings. The molecule has 2 unspecified atom stereocenters. The van der Waals surface area contributed by atoms with Crippen LogP contribution in [0, 0.1) is 23.2 Å². The minimum Gasteiger partial charge on any atom is -0.316 e. The van der Waals surface area contributed by atoms with Gasteiger partial charge in [0.1, 0.15) is 0 Å². The predicted octanol–water partition coefficient (Wildman–Crippen LogP) is 3.30. The van der Waals surface area contributed by atoms with Crippen LogP contribution in [-0.2, 0) is 0 Å². The Bertz CT molecular complexity index is 174. The maximum Gasteiger partial charge on any atom is -0.00148 e. The fourth-order valence-electron chi connectivity index (χ4n) is 2.77. The maximum absolute atomic E-state index is 3.59. The van der Waals surface area contributed by atoms with Crippen molar-refractivity contribution < 1.29 is 0 Å². The molecule has 0 aliphatic heterocycles. The van der Waals surface area contributed by atoms with E-state index in [-0.39, 0.29) is 0 Å². The van der Waals surface area contributed by atoms with E-state index in [4.69, 9.17) is 0 Å². The molecule has 2 atom stereocenters. The van der Waals surface area contributed by atoms with Gasteiger partial charge in [-0.2, -0.15) is 0 Å². The van der Waals surface area contributed by atoms with Gasteiger partial charge in [-0.05, 0) is 49.1 Å². The molecular weight excluding hydrogens is 170 g/mol. The molecule has 0 radical (unpaired) electrons. The van der Waals surface area contributed by atoms with Crippen molar-refractivity contribution in [2.75, 3.05) is 13.1 Å². The average molecular weight is 197 g/mol. The van der Waals surface area contributed by atoms with Crippen molar-refractivity contribution >= 4 is 0 Å². The minimum atomic E-state index is 0.685. The standard InChI is InChI=1S/C13H27N/c1-6-13(11(4)5)7-12(13)9-14-8-10(2)3/h10-12,14H,6-9H2,1-5H3. The molecule has 0 aromatic heterocycles. The molecule has 1 rings (SSSR count). The molecule has 1 heteroatoms. The highest BCUT2D eigenvalue weighted by Crippen LogP contribution is 2.59. The summed E-state index contributed by atoms with van der Waals surface area (Å²) >= 11 is 0. The molecule has 0 aromatic carbocycles. The fourth-order valence-corrected chi connectivity index (χ4v) is 2.77. The Morgan fingerprint density at radius 3 is 2.29 bits per heavy atom. The van der Waals surface area contributed by atoms with Crippen LogP contribution < -0.4 is 5.32 Å². The number of rotatable bonds is 6. The van der Waals surface area contributed by atoms with Crippen LogP contribution in [0.2, 0.25) is 0 Å². The Morgan fingerprint density at radius 1 is 1.29 bits per heavy atom. The van der Waals surface area contributed by atoms with Crippen LogP contribution in [0.1, 0.15) is 47.5 Å². The molecule has 0 spiro atoms. The Labute approximate surface area is 89.7 Å². The van der Waals surface area contributed by atoms with E-state index < -0.39 is 0 Å². The second-order valence-corrected chi connectivity index (χ2v) is 5.69. The summed E-state index contributed by atoms with van der Waals surface area (Å²) < 4.78 is 0.